The number of nitrogens with one attached hydrogen (secondary N) is 1. The van der Waals surface area contributed by atoms with Gasteiger partial charge in [-0.1, -0.05) is 40.2 Å². The molecule has 2 aromatic carbocycles. The molecule has 0 radical (unpaired) electrons. The van der Waals surface area contributed by atoms with E-state index in [1.54, 1.807) is 0 Å². The van der Waals surface area contributed by atoms with Crippen LogP contribution in [0.4, 0.5) is 0 Å². The molecular formula is C19H20BrNO2. The summed E-state index contributed by atoms with van der Waals surface area (Å²) in [6.45, 7) is 4.25. The number of hydrogen-bond donors (Lipinski definition) is 2. The van der Waals surface area contributed by atoms with E-state index in [2.05, 4.69) is 33.4 Å². The third kappa shape index (κ3) is 3.58. The molecule has 3 nitrogen and oxygen atoms in total. The van der Waals surface area contributed by atoms with Crippen LogP contribution in [0.3, 0.4) is 0 Å². The van der Waals surface area contributed by atoms with Gasteiger partial charge in [0.05, 0.1) is 0 Å². The molecular weight excluding hydrogens is 354 g/mol. The summed E-state index contributed by atoms with van der Waals surface area (Å²) in [6.07, 6.45) is 0.918. The maximum absolute atomic E-state index is 12.3. The van der Waals surface area contributed by atoms with Gasteiger partial charge in [-0.3, -0.25) is 4.79 Å². The van der Waals surface area contributed by atoms with E-state index in [9.17, 15) is 9.90 Å². The first kappa shape index (κ1) is 16.1. The fraction of sp³-hybridized carbons (Fsp3) is 0.316. The molecule has 2 atom stereocenters. The van der Waals surface area contributed by atoms with Crippen molar-refractivity contribution in [2.24, 2.45) is 5.92 Å². The molecule has 1 aliphatic carbocycles. The summed E-state index contributed by atoms with van der Waals surface area (Å²) in [5, 5.41) is 12.8. The number of amides is 1. The molecule has 2 N–H and O–H groups in total. The standard InChI is InChI=1S/C19H20BrNO2/c1-11-7-13(8-12(2)18(11)22)10-21-19(23)17-9-16(17)14-3-5-15(20)6-4-14/h3-8,16-17,22H,9-10H2,1-2H3,(H,21,23)/t16-,17+/m1/s1. The second-order valence-electron chi connectivity index (χ2n) is 6.30. The molecule has 1 saturated carbocycles. The van der Waals surface area contributed by atoms with Crippen molar-refractivity contribution in [3.63, 3.8) is 0 Å². The molecule has 120 valence electrons. The lowest BCUT2D eigenvalue weighted by Crippen LogP contribution is -2.25. The number of carbonyl (C=O) groups excluding carboxylic acids is 1. The van der Waals surface area contributed by atoms with E-state index in [4.69, 9.17) is 0 Å². The van der Waals surface area contributed by atoms with E-state index in [0.717, 1.165) is 27.6 Å². The number of carbonyl (C=O) groups is 1. The number of phenols is 1. The van der Waals surface area contributed by atoms with E-state index in [0.29, 0.717) is 18.2 Å². The molecule has 2 aromatic rings. The first-order valence-corrected chi connectivity index (χ1v) is 8.57. The van der Waals surface area contributed by atoms with Gasteiger partial charge in [-0.15, -0.1) is 0 Å². The van der Waals surface area contributed by atoms with Gasteiger partial charge in [-0.25, -0.2) is 0 Å². The number of aryl methyl sites for hydroxylation is 2. The topological polar surface area (TPSA) is 49.3 Å². The Morgan fingerprint density at radius 3 is 2.43 bits per heavy atom. The Morgan fingerprint density at radius 2 is 1.83 bits per heavy atom. The molecule has 0 unspecified atom stereocenters. The molecule has 1 fully saturated rings. The van der Waals surface area contributed by atoms with Crippen molar-refractivity contribution in [2.45, 2.75) is 32.7 Å². The van der Waals surface area contributed by atoms with Gasteiger partial charge in [0, 0.05) is 16.9 Å². The molecule has 0 heterocycles. The highest BCUT2D eigenvalue weighted by Gasteiger charge is 2.43. The molecule has 1 amide bonds. The second kappa shape index (κ2) is 6.36. The molecule has 0 spiro atoms. The smallest absolute Gasteiger partial charge is 0.224 e. The maximum Gasteiger partial charge on any atom is 0.224 e. The zero-order valence-corrected chi connectivity index (χ0v) is 14.9. The molecule has 0 saturated heterocycles. The number of benzene rings is 2. The zero-order chi connectivity index (χ0) is 16.6. The summed E-state index contributed by atoms with van der Waals surface area (Å²) in [4.78, 5) is 12.3. The Kier molecular flexibility index (Phi) is 4.44. The normalized spacial score (nSPS) is 19.4. The SMILES string of the molecule is Cc1cc(CNC(=O)[C@H]2C[C@@H]2c2ccc(Br)cc2)cc(C)c1O. The van der Waals surface area contributed by atoms with Gasteiger partial charge in [0.25, 0.3) is 0 Å². The minimum absolute atomic E-state index is 0.0792. The van der Waals surface area contributed by atoms with Gasteiger partial charge < -0.3 is 10.4 Å². The largest absolute Gasteiger partial charge is 0.507 e. The third-order valence-corrected chi connectivity index (χ3v) is 4.97. The molecule has 3 rings (SSSR count). The summed E-state index contributed by atoms with van der Waals surface area (Å²) in [5.74, 6) is 0.862. The average Bonchev–Trinajstić information content (AvgIpc) is 3.31. The summed E-state index contributed by atoms with van der Waals surface area (Å²) < 4.78 is 1.06. The first-order valence-electron chi connectivity index (χ1n) is 7.78. The van der Waals surface area contributed by atoms with Crippen molar-refractivity contribution in [2.75, 3.05) is 0 Å². The minimum Gasteiger partial charge on any atom is -0.507 e. The Bertz CT molecular complexity index is 717. The lowest BCUT2D eigenvalue weighted by atomic mass is 10.1. The van der Waals surface area contributed by atoms with Gasteiger partial charge in [-0.05, 0) is 60.6 Å². The van der Waals surface area contributed by atoms with Crippen LogP contribution in [0.2, 0.25) is 0 Å². The van der Waals surface area contributed by atoms with E-state index < -0.39 is 0 Å². The highest BCUT2D eigenvalue weighted by Crippen LogP contribution is 2.47. The van der Waals surface area contributed by atoms with Gasteiger partial charge >= 0.3 is 0 Å². The van der Waals surface area contributed by atoms with E-state index in [1.807, 2.05) is 38.1 Å². The molecule has 1 aliphatic rings. The Morgan fingerprint density at radius 1 is 1.22 bits per heavy atom. The van der Waals surface area contributed by atoms with E-state index >= 15 is 0 Å². The van der Waals surface area contributed by atoms with Crippen molar-refractivity contribution in [3.05, 3.63) is 63.1 Å². The second-order valence-corrected chi connectivity index (χ2v) is 7.21. The van der Waals surface area contributed by atoms with Crippen LogP contribution in [-0.4, -0.2) is 11.0 Å². The van der Waals surface area contributed by atoms with Gasteiger partial charge in [0.2, 0.25) is 5.91 Å². The average molecular weight is 374 g/mol. The van der Waals surface area contributed by atoms with E-state index in [-0.39, 0.29) is 11.8 Å². The Labute approximate surface area is 144 Å². The number of aromatic hydroxyl groups is 1. The van der Waals surface area contributed by atoms with Crippen LogP contribution in [0.5, 0.6) is 5.75 Å². The quantitative estimate of drug-likeness (QED) is 0.843. The maximum atomic E-state index is 12.3. The van der Waals surface area contributed by atoms with Crippen LogP contribution in [-0.2, 0) is 11.3 Å². The third-order valence-electron chi connectivity index (χ3n) is 4.44. The van der Waals surface area contributed by atoms with Crippen LogP contribution in [0.15, 0.2) is 40.9 Å². The summed E-state index contributed by atoms with van der Waals surface area (Å²) >= 11 is 3.43. The molecule has 0 aromatic heterocycles. The highest BCUT2D eigenvalue weighted by molar-refractivity contribution is 9.10. The van der Waals surface area contributed by atoms with Crippen molar-refractivity contribution in [1.29, 1.82) is 0 Å². The highest BCUT2D eigenvalue weighted by atomic mass is 79.9. The lowest BCUT2D eigenvalue weighted by Gasteiger charge is -2.09. The van der Waals surface area contributed by atoms with E-state index in [1.165, 1.54) is 5.56 Å². The van der Waals surface area contributed by atoms with Crippen molar-refractivity contribution in [3.8, 4) is 5.75 Å². The fourth-order valence-corrected chi connectivity index (χ4v) is 3.30. The predicted octanol–water partition coefficient (Wildman–Crippen LogP) is 4.19. The van der Waals surface area contributed by atoms with Crippen LogP contribution in [0.25, 0.3) is 0 Å². The van der Waals surface area contributed by atoms with Crippen molar-refractivity contribution >= 4 is 21.8 Å². The lowest BCUT2D eigenvalue weighted by molar-refractivity contribution is -0.122. The van der Waals surface area contributed by atoms with Crippen molar-refractivity contribution < 1.29 is 9.90 Å². The summed E-state index contributed by atoms with van der Waals surface area (Å²) in [7, 11) is 0. The number of rotatable bonds is 4. The zero-order valence-electron chi connectivity index (χ0n) is 13.3. The minimum atomic E-state index is 0.0792. The number of hydrogen-bond acceptors (Lipinski definition) is 2. The number of phenolic OH excluding ortho intramolecular Hbond substituents is 1. The molecule has 0 bridgehead atoms. The Hall–Kier alpha value is -1.81. The fourth-order valence-electron chi connectivity index (χ4n) is 3.03. The van der Waals surface area contributed by atoms with Crippen LogP contribution in [0.1, 0.15) is 34.6 Å². The Balaban J connectivity index is 1.58. The summed E-state index contributed by atoms with van der Waals surface area (Å²) in [5.41, 5.74) is 3.93. The van der Waals surface area contributed by atoms with Gasteiger partial charge in [-0.2, -0.15) is 0 Å². The predicted molar refractivity (Wildman–Crippen MR) is 94.4 cm³/mol. The van der Waals surface area contributed by atoms with Gasteiger partial charge in [0.1, 0.15) is 5.75 Å². The summed E-state index contributed by atoms with van der Waals surface area (Å²) in [6, 6.07) is 12.0. The van der Waals surface area contributed by atoms with Gasteiger partial charge in [0.15, 0.2) is 0 Å². The first-order chi connectivity index (χ1) is 11.0. The molecule has 23 heavy (non-hydrogen) atoms. The molecule has 0 aliphatic heterocycles. The molecule has 4 heteroatoms. The number of halogens is 1. The van der Waals surface area contributed by atoms with Crippen LogP contribution >= 0.6 is 15.9 Å². The monoisotopic (exact) mass is 373 g/mol. The van der Waals surface area contributed by atoms with Crippen molar-refractivity contribution in [1.82, 2.24) is 5.32 Å². The van der Waals surface area contributed by atoms with Crippen LogP contribution in [0, 0.1) is 19.8 Å². The van der Waals surface area contributed by atoms with Crippen LogP contribution < -0.4 is 5.32 Å².